The summed E-state index contributed by atoms with van der Waals surface area (Å²) in [6.45, 7) is 11.1. The number of hydrogen-bond donors (Lipinski definition) is 1. The highest BCUT2D eigenvalue weighted by Crippen LogP contribution is 2.49. The monoisotopic (exact) mass is 250 g/mol. The minimum atomic E-state index is -1.81. The van der Waals surface area contributed by atoms with E-state index in [2.05, 4.69) is 39.9 Å². The van der Waals surface area contributed by atoms with Gasteiger partial charge in [-0.05, 0) is 29.3 Å². The van der Waals surface area contributed by atoms with E-state index in [1.807, 2.05) is 18.2 Å². The molecule has 2 nitrogen and oxygen atoms in total. The predicted molar refractivity (Wildman–Crippen MR) is 72.4 cm³/mol. The van der Waals surface area contributed by atoms with Crippen LogP contribution < -0.4 is 0 Å². The number of aliphatic hydroxyl groups excluding tert-OH is 1. The minimum Gasteiger partial charge on any atom is -0.407 e. The first kappa shape index (κ1) is 12.8. The van der Waals surface area contributed by atoms with Gasteiger partial charge in [0.25, 0.3) is 0 Å². The average Bonchev–Trinajstić information content (AvgIpc) is 2.24. The highest BCUT2D eigenvalue weighted by atomic mass is 28.4. The van der Waals surface area contributed by atoms with E-state index in [0.717, 1.165) is 11.1 Å². The quantitative estimate of drug-likeness (QED) is 0.809. The molecule has 3 heteroatoms. The normalized spacial score (nSPS) is 24.1. The third kappa shape index (κ3) is 2.07. The second kappa shape index (κ2) is 3.94. The van der Waals surface area contributed by atoms with Crippen molar-refractivity contribution in [3.05, 3.63) is 35.4 Å². The van der Waals surface area contributed by atoms with Crippen molar-refractivity contribution >= 4 is 8.32 Å². The standard InChI is InChI=1S/C14H22O2Si/c1-14(2,3)17(4,5)16-13-11-9-7-6-8-10(11)12(13)15/h6-9,12-13,15H,1-5H3/t12-,13-/m1/s1. The van der Waals surface area contributed by atoms with Gasteiger partial charge in [-0.25, -0.2) is 0 Å². The molecule has 1 aromatic rings. The molecular formula is C14H22O2Si. The number of aliphatic hydroxyl groups is 1. The molecule has 1 aliphatic carbocycles. The Kier molecular flexibility index (Phi) is 2.96. The maximum Gasteiger partial charge on any atom is 0.193 e. The van der Waals surface area contributed by atoms with Gasteiger partial charge in [0, 0.05) is 0 Å². The van der Waals surface area contributed by atoms with E-state index in [4.69, 9.17) is 4.43 Å². The lowest BCUT2D eigenvalue weighted by molar-refractivity contribution is -0.00441. The second-order valence-corrected chi connectivity index (χ2v) is 11.1. The van der Waals surface area contributed by atoms with Crippen LogP contribution in [0.25, 0.3) is 0 Å². The van der Waals surface area contributed by atoms with E-state index in [9.17, 15) is 5.11 Å². The Hall–Kier alpha value is -0.643. The van der Waals surface area contributed by atoms with Gasteiger partial charge in [-0.2, -0.15) is 0 Å². The van der Waals surface area contributed by atoms with Crippen molar-refractivity contribution in [3.8, 4) is 0 Å². The van der Waals surface area contributed by atoms with E-state index >= 15 is 0 Å². The van der Waals surface area contributed by atoms with E-state index in [1.165, 1.54) is 0 Å². The molecule has 0 unspecified atom stereocenters. The Morgan fingerprint density at radius 2 is 1.65 bits per heavy atom. The SMILES string of the molecule is CC(C)(C)[Si](C)(C)O[C@@H]1c2ccccc2[C@H]1O. The van der Waals surface area contributed by atoms with Gasteiger partial charge >= 0.3 is 0 Å². The number of benzene rings is 1. The summed E-state index contributed by atoms with van der Waals surface area (Å²) in [6.07, 6.45) is -0.563. The van der Waals surface area contributed by atoms with Gasteiger partial charge in [0.1, 0.15) is 12.2 Å². The molecular weight excluding hydrogens is 228 g/mol. The van der Waals surface area contributed by atoms with Gasteiger partial charge in [0.05, 0.1) is 0 Å². The lowest BCUT2D eigenvalue weighted by Gasteiger charge is -2.45. The van der Waals surface area contributed by atoms with Crippen molar-refractivity contribution in [3.63, 3.8) is 0 Å². The summed E-state index contributed by atoms with van der Waals surface area (Å²) >= 11 is 0. The van der Waals surface area contributed by atoms with Crippen LogP contribution in [0.4, 0.5) is 0 Å². The zero-order valence-electron chi connectivity index (χ0n) is 11.3. The van der Waals surface area contributed by atoms with Crippen LogP contribution >= 0.6 is 0 Å². The summed E-state index contributed by atoms with van der Waals surface area (Å²) in [7, 11) is -1.81. The Morgan fingerprint density at radius 3 is 2.18 bits per heavy atom. The van der Waals surface area contributed by atoms with E-state index < -0.39 is 14.4 Å². The van der Waals surface area contributed by atoms with Crippen LogP contribution in [0, 0.1) is 0 Å². The summed E-state index contributed by atoms with van der Waals surface area (Å²) < 4.78 is 6.27. The first-order chi connectivity index (χ1) is 7.74. The predicted octanol–water partition coefficient (Wildman–Crippen LogP) is 3.80. The molecule has 0 saturated heterocycles. The van der Waals surface area contributed by atoms with Gasteiger partial charge in [0.2, 0.25) is 0 Å². The summed E-state index contributed by atoms with van der Waals surface area (Å²) in [4.78, 5) is 0. The van der Waals surface area contributed by atoms with Gasteiger partial charge < -0.3 is 9.53 Å². The van der Waals surface area contributed by atoms with Crippen molar-refractivity contribution in [1.82, 2.24) is 0 Å². The maximum atomic E-state index is 10.1. The molecule has 17 heavy (non-hydrogen) atoms. The van der Waals surface area contributed by atoms with Crippen molar-refractivity contribution in [2.45, 2.75) is 51.1 Å². The van der Waals surface area contributed by atoms with Gasteiger partial charge in [-0.1, -0.05) is 45.0 Å². The van der Waals surface area contributed by atoms with Crippen LogP contribution in [0.2, 0.25) is 18.1 Å². The van der Waals surface area contributed by atoms with Crippen molar-refractivity contribution in [2.75, 3.05) is 0 Å². The van der Waals surface area contributed by atoms with Crippen LogP contribution in [0.5, 0.6) is 0 Å². The molecule has 1 aromatic carbocycles. The van der Waals surface area contributed by atoms with E-state index in [0.29, 0.717) is 0 Å². The molecule has 0 fully saturated rings. The molecule has 2 rings (SSSR count). The van der Waals surface area contributed by atoms with Crippen molar-refractivity contribution in [2.24, 2.45) is 0 Å². The number of rotatable bonds is 2. The molecule has 1 N–H and O–H groups in total. The fraction of sp³-hybridized carbons (Fsp3) is 0.571. The van der Waals surface area contributed by atoms with E-state index in [-0.39, 0.29) is 11.1 Å². The molecule has 0 aliphatic heterocycles. The molecule has 2 atom stereocenters. The minimum absolute atomic E-state index is 0.118. The lowest BCUT2D eigenvalue weighted by Crippen LogP contribution is -2.45. The maximum absolute atomic E-state index is 10.1. The van der Waals surface area contributed by atoms with Crippen LogP contribution in [-0.4, -0.2) is 13.4 Å². The Labute approximate surface area is 105 Å². The van der Waals surface area contributed by atoms with Crippen LogP contribution in [0.1, 0.15) is 44.1 Å². The summed E-state index contributed by atoms with van der Waals surface area (Å²) in [5, 5.41) is 10.3. The van der Waals surface area contributed by atoms with Gasteiger partial charge in [-0.3, -0.25) is 0 Å². The first-order valence-corrected chi connectivity index (χ1v) is 9.09. The summed E-state index contributed by atoms with van der Waals surface area (Å²) in [5.41, 5.74) is 2.18. The third-order valence-corrected chi connectivity index (χ3v) is 8.59. The van der Waals surface area contributed by atoms with Crippen LogP contribution in [0.15, 0.2) is 24.3 Å². The highest BCUT2D eigenvalue weighted by Gasteiger charge is 2.45. The molecule has 1 aliphatic rings. The molecule has 0 saturated carbocycles. The second-order valence-electron chi connectivity index (χ2n) is 6.37. The zero-order chi connectivity index (χ0) is 12.8. The van der Waals surface area contributed by atoms with E-state index in [1.54, 1.807) is 0 Å². The van der Waals surface area contributed by atoms with Crippen LogP contribution in [-0.2, 0) is 4.43 Å². The molecule has 0 spiro atoms. The Balaban J connectivity index is 2.19. The fourth-order valence-electron chi connectivity index (χ4n) is 1.90. The molecule has 0 amide bonds. The smallest absolute Gasteiger partial charge is 0.193 e. The fourth-order valence-corrected chi connectivity index (χ4v) is 3.14. The molecule has 0 heterocycles. The molecule has 0 radical (unpaired) electrons. The summed E-state index contributed by atoms with van der Waals surface area (Å²) in [5.74, 6) is 0. The first-order valence-electron chi connectivity index (χ1n) is 6.19. The average molecular weight is 250 g/mol. The Morgan fingerprint density at radius 1 is 1.12 bits per heavy atom. The van der Waals surface area contributed by atoms with Crippen molar-refractivity contribution in [1.29, 1.82) is 0 Å². The largest absolute Gasteiger partial charge is 0.407 e. The topological polar surface area (TPSA) is 29.5 Å². The number of fused-ring (bicyclic) bond motifs is 1. The van der Waals surface area contributed by atoms with Gasteiger partial charge in [-0.15, -0.1) is 0 Å². The van der Waals surface area contributed by atoms with Crippen LogP contribution in [0.3, 0.4) is 0 Å². The molecule has 94 valence electrons. The molecule has 0 bridgehead atoms. The summed E-state index contributed by atoms with van der Waals surface area (Å²) in [6, 6.07) is 8.00. The zero-order valence-corrected chi connectivity index (χ0v) is 12.3. The molecule has 0 aromatic heterocycles. The number of hydrogen-bond acceptors (Lipinski definition) is 2. The highest BCUT2D eigenvalue weighted by molar-refractivity contribution is 6.74. The van der Waals surface area contributed by atoms with Crippen molar-refractivity contribution < 1.29 is 9.53 Å². The third-order valence-electron chi connectivity index (χ3n) is 4.14. The van der Waals surface area contributed by atoms with Gasteiger partial charge in [0.15, 0.2) is 8.32 Å². The lowest BCUT2D eigenvalue weighted by atomic mass is 9.83. The Bertz CT molecular complexity index is 420.